The van der Waals surface area contributed by atoms with Crippen LogP contribution in [0, 0.1) is 11.3 Å². The zero-order chi connectivity index (χ0) is 10.6. The molecule has 0 amide bonds. The third-order valence-corrected chi connectivity index (χ3v) is 2.65. The van der Waals surface area contributed by atoms with E-state index in [-0.39, 0.29) is 0 Å². The molecule has 0 bridgehead atoms. The Bertz CT molecular complexity index is 341. The van der Waals surface area contributed by atoms with Crippen LogP contribution in [0.3, 0.4) is 0 Å². The minimum absolute atomic E-state index is 0.474. The molecule has 14 heavy (non-hydrogen) atoms. The molecule has 1 atom stereocenters. The maximum Gasteiger partial charge on any atom is 0.105 e. The number of hydrogen-bond donors (Lipinski definition) is 1. The van der Waals surface area contributed by atoms with Gasteiger partial charge in [-0.05, 0) is 36.3 Å². The molecule has 0 aliphatic carbocycles. The summed E-state index contributed by atoms with van der Waals surface area (Å²) in [5, 5.41) is 16.0. The molecule has 0 aromatic carbocycles. The van der Waals surface area contributed by atoms with Crippen LogP contribution in [0.15, 0.2) is 16.9 Å². The Morgan fingerprint density at radius 1 is 1.79 bits per heavy atom. The fourth-order valence-electron chi connectivity index (χ4n) is 1.04. The van der Waals surface area contributed by atoms with Gasteiger partial charge in [0.05, 0.1) is 16.7 Å². The van der Waals surface area contributed by atoms with E-state index >= 15 is 0 Å². The second-order valence-electron chi connectivity index (χ2n) is 3.37. The number of aromatic nitrogens is 2. The largest absolute Gasteiger partial charge is 0.303 e. The van der Waals surface area contributed by atoms with Gasteiger partial charge in [-0.3, -0.25) is 4.68 Å². The Morgan fingerprint density at radius 3 is 2.93 bits per heavy atom. The van der Waals surface area contributed by atoms with E-state index in [2.05, 4.69) is 32.4 Å². The second kappa shape index (κ2) is 4.58. The van der Waals surface area contributed by atoms with Crippen molar-refractivity contribution >= 4 is 15.9 Å². The molecule has 5 heteroatoms. The first-order chi connectivity index (χ1) is 6.59. The zero-order valence-electron chi connectivity index (χ0n) is 8.29. The Morgan fingerprint density at radius 2 is 2.50 bits per heavy atom. The van der Waals surface area contributed by atoms with Crippen molar-refractivity contribution in [3.8, 4) is 6.07 Å². The fourth-order valence-corrected chi connectivity index (χ4v) is 1.36. The van der Waals surface area contributed by atoms with E-state index in [1.807, 2.05) is 17.8 Å². The molecule has 1 unspecified atom stereocenters. The van der Waals surface area contributed by atoms with E-state index < -0.39 is 5.54 Å². The van der Waals surface area contributed by atoms with Crippen LogP contribution in [-0.2, 0) is 6.54 Å². The van der Waals surface area contributed by atoms with Gasteiger partial charge >= 0.3 is 0 Å². The molecule has 1 aromatic rings. The second-order valence-corrected chi connectivity index (χ2v) is 4.28. The minimum Gasteiger partial charge on any atom is -0.303 e. The average molecular weight is 257 g/mol. The normalized spacial score (nSPS) is 14.7. The van der Waals surface area contributed by atoms with E-state index in [0.717, 1.165) is 17.4 Å². The van der Waals surface area contributed by atoms with Crippen LogP contribution in [0.25, 0.3) is 0 Å². The van der Waals surface area contributed by atoms with Gasteiger partial charge in [0.15, 0.2) is 0 Å². The molecule has 0 spiro atoms. The first-order valence-electron chi connectivity index (χ1n) is 4.38. The molecular weight excluding hydrogens is 244 g/mol. The van der Waals surface area contributed by atoms with Crippen LogP contribution in [0.4, 0.5) is 0 Å². The van der Waals surface area contributed by atoms with Crippen LogP contribution in [0.1, 0.15) is 13.3 Å². The summed E-state index contributed by atoms with van der Waals surface area (Å²) in [5.41, 5.74) is -0.474. The smallest absolute Gasteiger partial charge is 0.105 e. The van der Waals surface area contributed by atoms with Gasteiger partial charge in [-0.2, -0.15) is 10.4 Å². The maximum atomic E-state index is 8.92. The summed E-state index contributed by atoms with van der Waals surface area (Å²) >= 11 is 3.32. The molecule has 0 fully saturated rings. The minimum atomic E-state index is -0.474. The first-order valence-corrected chi connectivity index (χ1v) is 5.17. The summed E-state index contributed by atoms with van der Waals surface area (Å²) in [4.78, 5) is 0. The predicted octanol–water partition coefficient (Wildman–Crippen LogP) is 1.54. The van der Waals surface area contributed by atoms with Gasteiger partial charge in [0.25, 0.3) is 0 Å². The average Bonchev–Trinajstić information content (AvgIpc) is 2.61. The molecule has 1 rings (SSSR count). The van der Waals surface area contributed by atoms with Crippen LogP contribution < -0.4 is 5.32 Å². The van der Waals surface area contributed by atoms with Crippen LogP contribution in [0.5, 0.6) is 0 Å². The van der Waals surface area contributed by atoms with E-state index in [1.165, 1.54) is 0 Å². The van der Waals surface area contributed by atoms with Gasteiger partial charge in [-0.15, -0.1) is 0 Å². The van der Waals surface area contributed by atoms with E-state index in [0.29, 0.717) is 0 Å². The quantitative estimate of drug-likeness (QED) is 0.890. The van der Waals surface area contributed by atoms with Crippen molar-refractivity contribution < 1.29 is 0 Å². The third-order valence-electron chi connectivity index (χ3n) is 2.24. The number of nitrogens with one attached hydrogen (secondary N) is 1. The third kappa shape index (κ3) is 2.82. The molecule has 0 aliphatic rings. The van der Waals surface area contributed by atoms with Gasteiger partial charge in [-0.1, -0.05) is 0 Å². The summed E-state index contributed by atoms with van der Waals surface area (Å²) < 4.78 is 2.78. The predicted molar refractivity (Wildman–Crippen MR) is 57.6 cm³/mol. The molecule has 4 nitrogen and oxygen atoms in total. The monoisotopic (exact) mass is 256 g/mol. The van der Waals surface area contributed by atoms with Gasteiger partial charge in [0.1, 0.15) is 5.54 Å². The van der Waals surface area contributed by atoms with Crippen molar-refractivity contribution in [3.63, 3.8) is 0 Å². The summed E-state index contributed by atoms with van der Waals surface area (Å²) in [6, 6.07) is 2.24. The Kier molecular flexibility index (Phi) is 3.67. The highest BCUT2D eigenvalue weighted by Gasteiger charge is 2.20. The lowest BCUT2D eigenvalue weighted by atomic mass is 10.0. The zero-order valence-corrected chi connectivity index (χ0v) is 9.87. The lowest BCUT2D eigenvalue weighted by Crippen LogP contribution is -2.39. The van der Waals surface area contributed by atoms with Crippen molar-refractivity contribution in [2.45, 2.75) is 25.4 Å². The van der Waals surface area contributed by atoms with Gasteiger partial charge in [-0.25, -0.2) is 0 Å². The van der Waals surface area contributed by atoms with Gasteiger partial charge in [0.2, 0.25) is 0 Å². The van der Waals surface area contributed by atoms with Crippen LogP contribution in [-0.4, -0.2) is 22.4 Å². The van der Waals surface area contributed by atoms with Crippen molar-refractivity contribution in [2.24, 2.45) is 0 Å². The number of halogens is 1. The number of nitriles is 1. The molecular formula is C9H13BrN4. The van der Waals surface area contributed by atoms with Crippen molar-refractivity contribution in [2.75, 3.05) is 7.05 Å². The number of aryl methyl sites for hydroxylation is 1. The standard InChI is InChI=1S/C9H13BrN4/c1-9(7-11,12-2)3-4-14-6-8(10)5-13-14/h5-6,12H,3-4H2,1-2H3. The molecule has 0 saturated heterocycles. The lowest BCUT2D eigenvalue weighted by Gasteiger charge is -2.20. The molecule has 1 N–H and O–H groups in total. The SMILES string of the molecule is CNC(C)(C#N)CCn1cc(Br)cn1. The summed E-state index contributed by atoms with van der Waals surface area (Å²) in [6.45, 7) is 2.61. The van der Waals surface area contributed by atoms with Crippen LogP contribution in [0.2, 0.25) is 0 Å². The lowest BCUT2D eigenvalue weighted by molar-refractivity contribution is 0.408. The highest BCUT2D eigenvalue weighted by Crippen LogP contribution is 2.11. The molecule has 1 aromatic heterocycles. The van der Waals surface area contributed by atoms with E-state index in [4.69, 9.17) is 5.26 Å². The summed E-state index contributed by atoms with van der Waals surface area (Å²) in [5.74, 6) is 0. The topological polar surface area (TPSA) is 53.6 Å². The van der Waals surface area contributed by atoms with Gasteiger partial charge < -0.3 is 5.32 Å². The Hall–Kier alpha value is -0.860. The molecule has 0 aliphatic heterocycles. The van der Waals surface area contributed by atoms with Crippen molar-refractivity contribution in [1.29, 1.82) is 5.26 Å². The van der Waals surface area contributed by atoms with E-state index in [9.17, 15) is 0 Å². The number of nitrogens with zero attached hydrogens (tertiary/aromatic N) is 3. The highest BCUT2D eigenvalue weighted by atomic mass is 79.9. The summed E-state index contributed by atoms with van der Waals surface area (Å²) in [6.07, 6.45) is 4.37. The summed E-state index contributed by atoms with van der Waals surface area (Å²) in [7, 11) is 1.79. The molecule has 76 valence electrons. The highest BCUT2D eigenvalue weighted by molar-refractivity contribution is 9.10. The Labute approximate surface area is 92.0 Å². The first kappa shape index (κ1) is 11.2. The Balaban J connectivity index is 2.52. The van der Waals surface area contributed by atoms with Crippen molar-refractivity contribution in [3.05, 3.63) is 16.9 Å². The van der Waals surface area contributed by atoms with Crippen LogP contribution >= 0.6 is 15.9 Å². The molecule has 0 saturated carbocycles. The number of hydrogen-bond acceptors (Lipinski definition) is 3. The number of rotatable bonds is 4. The van der Waals surface area contributed by atoms with E-state index in [1.54, 1.807) is 13.2 Å². The molecule has 0 radical (unpaired) electrons. The van der Waals surface area contributed by atoms with Gasteiger partial charge in [0, 0.05) is 12.7 Å². The van der Waals surface area contributed by atoms with Crippen molar-refractivity contribution in [1.82, 2.24) is 15.1 Å². The fraction of sp³-hybridized carbons (Fsp3) is 0.556. The maximum absolute atomic E-state index is 8.92. The molecule has 1 heterocycles.